The molecule has 0 bridgehead atoms. The topological polar surface area (TPSA) is 51.3 Å². The molecule has 0 atom stereocenters. The van der Waals surface area contributed by atoms with Crippen LogP contribution in [0.5, 0.6) is 11.5 Å². The molecule has 0 saturated heterocycles. The quantitative estimate of drug-likeness (QED) is 0.342. The Balaban J connectivity index is 1.42. The van der Waals surface area contributed by atoms with Gasteiger partial charge in [-0.05, 0) is 60.7 Å². The van der Waals surface area contributed by atoms with Gasteiger partial charge in [-0.3, -0.25) is 4.48 Å². The normalized spacial score (nSPS) is 11.4. The number of nitrogens with zero attached hydrogens (tertiary/aromatic N) is 1. The molecule has 1 aromatic heterocycles. The third-order valence-corrected chi connectivity index (χ3v) is 4.86. The van der Waals surface area contributed by atoms with Crippen LogP contribution in [-0.2, 0) is 11.3 Å². The van der Waals surface area contributed by atoms with Crippen LogP contribution in [0, 0.1) is 0 Å². The number of carbonyl (C=O) groups is 1. The van der Waals surface area contributed by atoms with Gasteiger partial charge in [-0.1, -0.05) is 18.2 Å². The number of rotatable bonds is 6. The average Bonchev–Trinajstić information content (AvgIpc) is 3.14. The van der Waals surface area contributed by atoms with E-state index in [0.29, 0.717) is 10.0 Å². The number of hydrogen-bond acceptors (Lipinski definition) is 3. The number of fused-ring (bicyclic) bond motifs is 1. The van der Waals surface area contributed by atoms with Crippen LogP contribution < -0.4 is 9.22 Å². The van der Waals surface area contributed by atoms with Crippen molar-refractivity contribution in [3.05, 3.63) is 90.1 Å². The number of nitrogens with one attached hydrogen (secondary N) is 1. The summed E-state index contributed by atoms with van der Waals surface area (Å²) in [6.45, 7) is 0.180. The Morgan fingerprint density at radius 1 is 0.867 bits per heavy atom. The van der Waals surface area contributed by atoms with Crippen molar-refractivity contribution in [1.29, 1.82) is 0 Å². The molecule has 3 aromatic carbocycles. The lowest BCUT2D eigenvalue weighted by atomic mass is 10.2. The molecule has 1 N–H and O–H groups in total. The van der Waals surface area contributed by atoms with Crippen LogP contribution in [0.25, 0.3) is 10.9 Å². The number of benzene rings is 3. The van der Waals surface area contributed by atoms with Crippen molar-refractivity contribution >= 4 is 22.6 Å². The Kier molecular flexibility index (Phi) is 5.29. The van der Waals surface area contributed by atoms with Crippen LogP contribution in [0.1, 0.15) is 16.1 Å². The fourth-order valence-electron chi connectivity index (χ4n) is 3.21. The average molecular weight is 401 g/mol. The molecular formula is C25H25N2O3+. The van der Waals surface area contributed by atoms with Crippen LogP contribution >= 0.6 is 0 Å². The smallest absolute Gasteiger partial charge is 0.338 e. The lowest BCUT2D eigenvalue weighted by Gasteiger charge is -2.23. The number of aromatic amines is 1. The van der Waals surface area contributed by atoms with Crippen LogP contribution in [0.4, 0.5) is 5.69 Å². The minimum absolute atomic E-state index is 0.180. The summed E-state index contributed by atoms with van der Waals surface area (Å²) in [5, 5.41) is 1.00. The molecule has 0 amide bonds. The molecule has 0 saturated carbocycles. The van der Waals surface area contributed by atoms with Crippen molar-refractivity contribution in [2.45, 2.75) is 6.61 Å². The van der Waals surface area contributed by atoms with E-state index < -0.39 is 0 Å². The zero-order chi connectivity index (χ0) is 21.1. The molecule has 5 nitrogen and oxygen atoms in total. The molecule has 0 radical (unpaired) electrons. The first kappa shape index (κ1) is 19.7. The molecule has 0 aliphatic carbocycles. The fraction of sp³-hybridized carbons (Fsp3) is 0.160. The number of para-hydroxylation sites is 1. The first-order chi connectivity index (χ1) is 14.4. The van der Waals surface area contributed by atoms with Gasteiger partial charge in [0, 0.05) is 10.9 Å². The van der Waals surface area contributed by atoms with E-state index in [-0.39, 0.29) is 12.6 Å². The second kappa shape index (κ2) is 8.05. The SMILES string of the molecule is C[N+](C)(C)c1ccc(C(=O)OCc2cc3cc(Oc4ccccc4)ccc3[nH]2)cc1. The Morgan fingerprint density at radius 3 is 2.30 bits per heavy atom. The maximum absolute atomic E-state index is 12.4. The summed E-state index contributed by atoms with van der Waals surface area (Å²) in [5.41, 5.74) is 3.46. The summed E-state index contributed by atoms with van der Waals surface area (Å²) in [6.07, 6.45) is 0. The molecule has 0 spiro atoms. The Hall–Kier alpha value is -3.57. The Labute approximate surface area is 176 Å². The highest BCUT2D eigenvalue weighted by atomic mass is 16.5. The lowest BCUT2D eigenvalue weighted by molar-refractivity contribution is 0.0468. The number of quaternary nitrogens is 1. The van der Waals surface area contributed by atoms with E-state index >= 15 is 0 Å². The molecule has 1 heterocycles. The van der Waals surface area contributed by atoms with E-state index in [4.69, 9.17) is 9.47 Å². The number of esters is 1. The van der Waals surface area contributed by atoms with E-state index in [1.807, 2.05) is 66.7 Å². The van der Waals surface area contributed by atoms with Crippen molar-refractivity contribution < 1.29 is 14.3 Å². The van der Waals surface area contributed by atoms with Gasteiger partial charge in [0.05, 0.1) is 32.4 Å². The lowest BCUT2D eigenvalue weighted by Crippen LogP contribution is -2.34. The first-order valence-corrected chi connectivity index (χ1v) is 9.82. The van der Waals surface area contributed by atoms with Gasteiger partial charge in [-0.15, -0.1) is 0 Å². The first-order valence-electron chi connectivity index (χ1n) is 9.82. The van der Waals surface area contributed by atoms with E-state index in [0.717, 1.165) is 33.8 Å². The van der Waals surface area contributed by atoms with Crippen molar-refractivity contribution in [1.82, 2.24) is 9.47 Å². The van der Waals surface area contributed by atoms with Crippen molar-refractivity contribution in [2.24, 2.45) is 0 Å². The number of hydrogen-bond donors (Lipinski definition) is 1. The van der Waals surface area contributed by atoms with Gasteiger partial charge in [0.1, 0.15) is 23.8 Å². The van der Waals surface area contributed by atoms with Gasteiger partial charge in [-0.2, -0.15) is 0 Å². The predicted molar refractivity (Wildman–Crippen MR) is 120 cm³/mol. The minimum Gasteiger partial charge on any atom is -0.457 e. The summed E-state index contributed by atoms with van der Waals surface area (Å²) >= 11 is 0. The standard InChI is InChI=1S/C25H25N2O3/c1-27(2,3)21-11-9-18(10-12-21)25(28)29-17-20-15-19-16-23(13-14-24(19)26-20)30-22-7-5-4-6-8-22/h4-16,26H,17H2,1-3H3/q+1. The van der Waals surface area contributed by atoms with Gasteiger partial charge in [0.25, 0.3) is 0 Å². The molecular weight excluding hydrogens is 376 g/mol. The molecule has 4 rings (SSSR count). The van der Waals surface area contributed by atoms with Gasteiger partial charge < -0.3 is 14.5 Å². The molecule has 152 valence electrons. The highest BCUT2D eigenvalue weighted by Crippen LogP contribution is 2.26. The maximum atomic E-state index is 12.4. The third kappa shape index (κ3) is 4.53. The van der Waals surface area contributed by atoms with E-state index in [1.165, 1.54) is 0 Å². The molecule has 0 aliphatic heterocycles. The Morgan fingerprint density at radius 2 is 1.60 bits per heavy atom. The van der Waals surface area contributed by atoms with Crippen LogP contribution in [0.3, 0.4) is 0 Å². The van der Waals surface area contributed by atoms with Gasteiger partial charge in [0.15, 0.2) is 0 Å². The predicted octanol–water partition coefficient (Wildman–Crippen LogP) is 5.51. The minimum atomic E-state index is -0.338. The molecule has 0 aliphatic rings. The fourth-order valence-corrected chi connectivity index (χ4v) is 3.21. The van der Waals surface area contributed by atoms with Crippen molar-refractivity contribution in [3.8, 4) is 11.5 Å². The maximum Gasteiger partial charge on any atom is 0.338 e. The van der Waals surface area contributed by atoms with E-state index in [9.17, 15) is 4.79 Å². The van der Waals surface area contributed by atoms with Crippen LogP contribution in [0.15, 0.2) is 78.9 Å². The van der Waals surface area contributed by atoms with Gasteiger partial charge in [0.2, 0.25) is 0 Å². The summed E-state index contributed by atoms with van der Waals surface area (Å²) in [7, 11) is 6.25. The second-order valence-corrected chi connectivity index (χ2v) is 8.09. The second-order valence-electron chi connectivity index (χ2n) is 8.09. The zero-order valence-corrected chi connectivity index (χ0v) is 17.4. The third-order valence-electron chi connectivity index (χ3n) is 4.86. The van der Waals surface area contributed by atoms with E-state index in [2.05, 4.69) is 26.1 Å². The molecule has 30 heavy (non-hydrogen) atoms. The van der Waals surface area contributed by atoms with Crippen LogP contribution in [0.2, 0.25) is 0 Å². The monoisotopic (exact) mass is 401 g/mol. The van der Waals surface area contributed by atoms with Crippen LogP contribution in [-0.4, -0.2) is 32.1 Å². The zero-order valence-electron chi connectivity index (χ0n) is 17.4. The van der Waals surface area contributed by atoms with Gasteiger partial charge >= 0.3 is 5.97 Å². The molecule has 4 aromatic rings. The Bertz CT molecular complexity index is 1160. The summed E-state index contributed by atoms with van der Waals surface area (Å²) in [6, 6.07) is 25.0. The highest BCUT2D eigenvalue weighted by Gasteiger charge is 2.14. The summed E-state index contributed by atoms with van der Waals surface area (Å²) in [4.78, 5) is 15.7. The van der Waals surface area contributed by atoms with Crippen molar-refractivity contribution in [2.75, 3.05) is 21.1 Å². The molecule has 0 fully saturated rings. The highest BCUT2D eigenvalue weighted by molar-refractivity contribution is 5.90. The summed E-state index contributed by atoms with van der Waals surface area (Å²) in [5.74, 6) is 1.21. The van der Waals surface area contributed by atoms with E-state index in [1.54, 1.807) is 12.1 Å². The summed E-state index contributed by atoms with van der Waals surface area (Å²) < 4.78 is 12.1. The number of ether oxygens (including phenoxy) is 2. The molecule has 0 unspecified atom stereocenters. The number of H-pyrrole nitrogens is 1. The van der Waals surface area contributed by atoms with Gasteiger partial charge in [-0.25, -0.2) is 4.79 Å². The number of aromatic nitrogens is 1. The van der Waals surface area contributed by atoms with Crippen molar-refractivity contribution in [3.63, 3.8) is 0 Å². The molecule has 5 heteroatoms. The largest absolute Gasteiger partial charge is 0.457 e. The number of carbonyl (C=O) groups excluding carboxylic acids is 1.